The first-order chi connectivity index (χ1) is 9.66. The molecular weight excluding hydrogens is 256 g/mol. The van der Waals surface area contributed by atoms with Crippen LogP contribution in [0.5, 0.6) is 0 Å². The van der Waals surface area contributed by atoms with Crippen LogP contribution in [0.25, 0.3) is 0 Å². The van der Waals surface area contributed by atoms with Gasteiger partial charge in [-0.1, -0.05) is 6.92 Å². The van der Waals surface area contributed by atoms with E-state index in [1.165, 1.54) is 12.8 Å². The van der Waals surface area contributed by atoms with E-state index in [2.05, 4.69) is 17.6 Å². The lowest BCUT2D eigenvalue weighted by Crippen LogP contribution is -2.32. The van der Waals surface area contributed by atoms with Gasteiger partial charge in [0.05, 0.1) is 0 Å². The number of carbonyl (C=O) groups excluding carboxylic acids is 2. The van der Waals surface area contributed by atoms with Crippen molar-refractivity contribution >= 4 is 11.8 Å². The molecule has 114 valence electrons. The summed E-state index contributed by atoms with van der Waals surface area (Å²) in [5.41, 5.74) is 0. The first-order valence-electron chi connectivity index (χ1n) is 7.79. The molecule has 5 nitrogen and oxygen atoms in total. The van der Waals surface area contributed by atoms with Crippen molar-refractivity contribution in [2.24, 2.45) is 17.8 Å². The summed E-state index contributed by atoms with van der Waals surface area (Å²) < 4.78 is 5.49. The molecule has 2 rings (SSSR count). The van der Waals surface area contributed by atoms with Crippen molar-refractivity contribution in [3.05, 3.63) is 0 Å². The number of carbonyl (C=O) groups is 2. The van der Waals surface area contributed by atoms with Gasteiger partial charge in [-0.2, -0.15) is 0 Å². The zero-order valence-corrected chi connectivity index (χ0v) is 12.3. The third-order valence-electron chi connectivity index (χ3n) is 3.94. The highest BCUT2D eigenvalue weighted by Crippen LogP contribution is 2.37. The van der Waals surface area contributed by atoms with Gasteiger partial charge in [-0.05, 0) is 37.5 Å². The fourth-order valence-electron chi connectivity index (χ4n) is 2.14. The number of hydrogen-bond donors (Lipinski definition) is 2. The van der Waals surface area contributed by atoms with E-state index >= 15 is 0 Å². The summed E-state index contributed by atoms with van der Waals surface area (Å²) in [5, 5.41) is 5.66. The maximum Gasteiger partial charge on any atom is 0.223 e. The molecule has 0 unspecified atom stereocenters. The van der Waals surface area contributed by atoms with Crippen LogP contribution in [0.2, 0.25) is 0 Å². The monoisotopic (exact) mass is 282 g/mol. The Morgan fingerprint density at radius 2 is 1.95 bits per heavy atom. The molecule has 0 saturated heterocycles. The van der Waals surface area contributed by atoms with E-state index in [1.54, 1.807) is 0 Å². The lowest BCUT2D eigenvalue weighted by molar-refractivity contribution is -0.123. The van der Waals surface area contributed by atoms with Crippen LogP contribution in [0.1, 0.15) is 39.0 Å². The quantitative estimate of drug-likeness (QED) is 0.589. The molecular formula is C15H26N2O3. The Kier molecular flexibility index (Phi) is 5.83. The zero-order valence-electron chi connectivity index (χ0n) is 12.3. The van der Waals surface area contributed by atoms with Crippen LogP contribution in [-0.4, -0.2) is 38.1 Å². The molecule has 2 aliphatic rings. The fraction of sp³-hybridized carbons (Fsp3) is 0.867. The third-order valence-corrected chi connectivity index (χ3v) is 3.94. The Bertz CT molecular complexity index is 342. The third kappa shape index (κ3) is 5.90. The molecule has 0 aromatic carbocycles. The second kappa shape index (κ2) is 7.62. The summed E-state index contributed by atoms with van der Waals surface area (Å²) in [6.45, 7) is 4.75. The number of amides is 2. The number of hydrogen-bond acceptors (Lipinski definition) is 3. The van der Waals surface area contributed by atoms with E-state index < -0.39 is 0 Å². The van der Waals surface area contributed by atoms with Gasteiger partial charge in [-0.3, -0.25) is 9.59 Å². The summed E-state index contributed by atoms with van der Waals surface area (Å²) in [6.07, 6.45) is 4.81. The highest BCUT2D eigenvalue weighted by molar-refractivity contribution is 5.82. The first kappa shape index (κ1) is 15.3. The lowest BCUT2D eigenvalue weighted by Gasteiger charge is -2.07. The average molecular weight is 282 g/mol. The van der Waals surface area contributed by atoms with Gasteiger partial charge in [0.15, 0.2) is 0 Å². The molecule has 2 amide bonds. The van der Waals surface area contributed by atoms with Crippen LogP contribution in [0, 0.1) is 17.8 Å². The summed E-state index contributed by atoms with van der Waals surface area (Å²) in [6, 6.07) is 0. The van der Waals surface area contributed by atoms with E-state index in [1.807, 2.05) is 0 Å². The molecule has 20 heavy (non-hydrogen) atoms. The number of nitrogens with one attached hydrogen (secondary N) is 2. The molecule has 0 aromatic rings. The minimum atomic E-state index is -0.00339. The second-order valence-corrected chi connectivity index (χ2v) is 6.08. The van der Waals surface area contributed by atoms with Crippen LogP contribution >= 0.6 is 0 Å². The maximum absolute atomic E-state index is 11.5. The fourth-order valence-corrected chi connectivity index (χ4v) is 2.14. The Hall–Kier alpha value is -1.10. The molecule has 2 atom stereocenters. The van der Waals surface area contributed by atoms with E-state index in [0.29, 0.717) is 32.0 Å². The maximum atomic E-state index is 11.5. The molecule has 0 aliphatic heterocycles. The lowest BCUT2D eigenvalue weighted by atomic mass is 10.3. The van der Waals surface area contributed by atoms with Crippen molar-refractivity contribution in [2.45, 2.75) is 39.0 Å². The SMILES string of the molecule is C[C@H]1C[C@H]1C(=O)NCCC(=O)NCCCOCC1CC1. The molecule has 2 aliphatic carbocycles. The van der Waals surface area contributed by atoms with Gasteiger partial charge in [0.1, 0.15) is 0 Å². The standard InChI is InChI=1S/C15H26N2O3/c1-11-9-13(11)15(19)17-7-5-14(18)16-6-2-8-20-10-12-3-4-12/h11-13H,2-10H2,1H3,(H,16,18)(H,17,19)/t11-,13+/m0/s1. The van der Waals surface area contributed by atoms with Crippen molar-refractivity contribution in [3.63, 3.8) is 0 Å². The molecule has 0 aromatic heterocycles. The van der Waals surface area contributed by atoms with Crippen LogP contribution < -0.4 is 10.6 Å². The van der Waals surface area contributed by atoms with Gasteiger partial charge in [0, 0.05) is 38.6 Å². The van der Waals surface area contributed by atoms with E-state index in [-0.39, 0.29) is 17.7 Å². The van der Waals surface area contributed by atoms with Crippen molar-refractivity contribution in [3.8, 4) is 0 Å². The number of rotatable bonds is 10. The van der Waals surface area contributed by atoms with E-state index in [9.17, 15) is 9.59 Å². The van der Waals surface area contributed by atoms with Gasteiger partial charge in [-0.15, -0.1) is 0 Å². The van der Waals surface area contributed by atoms with Gasteiger partial charge in [0.25, 0.3) is 0 Å². The van der Waals surface area contributed by atoms with Crippen LogP contribution in [-0.2, 0) is 14.3 Å². The summed E-state index contributed by atoms with van der Waals surface area (Å²) in [4.78, 5) is 23.1. The topological polar surface area (TPSA) is 67.4 Å². The van der Waals surface area contributed by atoms with Gasteiger partial charge in [-0.25, -0.2) is 0 Å². The summed E-state index contributed by atoms with van der Waals surface area (Å²) in [7, 11) is 0. The molecule has 0 bridgehead atoms. The number of ether oxygens (including phenoxy) is 1. The molecule has 2 saturated carbocycles. The Labute approximate surface area is 120 Å². The molecule has 2 N–H and O–H groups in total. The zero-order chi connectivity index (χ0) is 14.4. The Balaban J connectivity index is 1.37. The van der Waals surface area contributed by atoms with Crippen LogP contribution in [0.3, 0.4) is 0 Å². The van der Waals surface area contributed by atoms with Gasteiger partial charge < -0.3 is 15.4 Å². The van der Waals surface area contributed by atoms with Gasteiger partial charge >= 0.3 is 0 Å². The Morgan fingerprint density at radius 3 is 2.60 bits per heavy atom. The Morgan fingerprint density at radius 1 is 1.20 bits per heavy atom. The molecule has 5 heteroatoms. The van der Waals surface area contributed by atoms with Crippen molar-refractivity contribution in [1.82, 2.24) is 10.6 Å². The molecule has 0 heterocycles. The second-order valence-electron chi connectivity index (χ2n) is 6.08. The minimum absolute atomic E-state index is 0.00339. The van der Waals surface area contributed by atoms with Crippen LogP contribution in [0.4, 0.5) is 0 Å². The van der Waals surface area contributed by atoms with E-state index in [4.69, 9.17) is 4.74 Å². The first-order valence-corrected chi connectivity index (χ1v) is 7.79. The largest absolute Gasteiger partial charge is 0.381 e. The molecule has 2 fully saturated rings. The summed E-state index contributed by atoms with van der Waals surface area (Å²) >= 11 is 0. The highest BCUT2D eigenvalue weighted by Gasteiger charge is 2.38. The predicted molar refractivity (Wildman–Crippen MR) is 76.1 cm³/mol. The van der Waals surface area contributed by atoms with Crippen molar-refractivity contribution < 1.29 is 14.3 Å². The molecule has 0 spiro atoms. The van der Waals surface area contributed by atoms with E-state index in [0.717, 1.165) is 25.4 Å². The van der Waals surface area contributed by atoms with Crippen molar-refractivity contribution in [2.75, 3.05) is 26.3 Å². The van der Waals surface area contributed by atoms with Crippen molar-refractivity contribution in [1.29, 1.82) is 0 Å². The van der Waals surface area contributed by atoms with Crippen LogP contribution in [0.15, 0.2) is 0 Å². The minimum Gasteiger partial charge on any atom is -0.381 e. The highest BCUT2D eigenvalue weighted by atomic mass is 16.5. The van der Waals surface area contributed by atoms with Gasteiger partial charge in [0.2, 0.25) is 11.8 Å². The summed E-state index contributed by atoms with van der Waals surface area (Å²) in [5.74, 6) is 1.58. The molecule has 0 radical (unpaired) electrons. The smallest absolute Gasteiger partial charge is 0.223 e. The normalized spacial score (nSPS) is 24.2. The predicted octanol–water partition coefficient (Wildman–Crippen LogP) is 1.08. The average Bonchev–Trinajstić information content (AvgIpc) is 3.30.